The lowest BCUT2D eigenvalue weighted by Crippen LogP contribution is -2.54. The number of nitrogens with zero attached hydrogens (tertiary/aromatic N) is 2. The monoisotopic (exact) mass is 647 g/mol. The fraction of sp³-hybridized carbons (Fsp3) is 0.394. The van der Waals surface area contributed by atoms with Crippen LogP contribution in [0.3, 0.4) is 0 Å². The number of cyclic esters (lactones) is 1. The van der Waals surface area contributed by atoms with Gasteiger partial charge >= 0.3 is 24.0 Å². The van der Waals surface area contributed by atoms with E-state index < -0.39 is 61.1 Å². The van der Waals surface area contributed by atoms with Gasteiger partial charge in [-0.25, -0.2) is 14.6 Å². The lowest BCUT2D eigenvalue weighted by atomic mass is 9.85. The molecule has 0 saturated carbocycles. The molecule has 2 aliphatic heterocycles. The van der Waals surface area contributed by atoms with Crippen LogP contribution in [0.4, 0.5) is 4.79 Å². The molecule has 1 N–H and O–H groups in total. The molecule has 3 aromatic rings. The third-order valence-corrected chi connectivity index (χ3v) is 10.9. The second kappa shape index (κ2) is 11.5. The van der Waals surface area contributed by atoms with E-state index in [1.807, 2.05) is 19.2 Å². The maximum atomic E-state index is 14.4. The second-order valence-corrected chi connectivity index (χ2v) is 17.6. The van der Waals surface area contributed by atoms with Crippen molar-refractivity contribution >= 4 is 43.0 Å². The van der Waals surface area contributed by atoms with Crippen molar-refractivity contribution in [2.75, 3.05) is 6.54 Å². The molecule has 13 heteroatoms. The number of benzene rings is 1. The summed E-state index contributed by atoms with van der Waals surface area (Å²) >= 11 is 0. The van der Waals surface area contributed by atoms with E-state index in [0.29, 0.717) is 28.0 Å². The Bertz CT molecular complexity index is 1870. The van der Waals surface area contributed by atoms with Crippen molar-refractivity contribution in [3.05, 3.63) is 69.7 Å². The number of esters is 3. The summed E-state index contributed by atoms with van der Waals surface area (Å²) in [6.07, 6.45) is -0.869. The van der Waals surface area contributed by atoms with Crippen molar-refractivity contribution < 1.29 is 38.1 Å². The molecule has 0 aliphatic carbocycles. The predicted molar refractivity (Wildman–Crippen MR) is 171 cm³/mol. The van der Waals surface area contributed by atoms with Crippen LogP contribution in [0, 0.1) is 0 Å². The van der Waals surface area contributed by atoms with Crippen LogP contribution in [-0.2, 0) is 40.7 Å². The number of rotatable bonds is 7. The Balaban J connectivity index is 1.63. The van der Waals surface area contributed by atoms with Crippen molar-refractivity contribution in [1.82, 2.24) is 14.9 Å². The Hall–Kier alpha value is -4.78. The van der Waals surface area contributed by atoms with E-state index in [4.69, 9.17) is 23.9 Å². The van der Waals surface area contributed by atoms with E-state index in [1.165, 1.54) is 6.92 Å². The van der Waals surface area contributed by atoms with Crippen LogP contribution in [0.25, 0.3) is 22.3 Å². The summed E-state index contributed by atoms with van der Waals surface area (Å²) in [6.45, 7) is 15.5. The molecule has 0 fully saturated rings. The minimum Gasteiger partial charge on any atom is -0.458 e. The molecule has 12 nitrogen and oxygen atoms in total. The maximum Gasteiger partial charge on any atom is 0.408 e. The topological polar surface area (TPSA) is 152 Å². The smallest absolute Gasteiger partial charge is 0.408 e. The molecule has 2 aromatic heterocycles. The molecule has 1 aromatic carbocycles. The average Bonchev–Trinajstić information content (AvgIpc) is 3.32. The normalized spacial score (nSPS) is 18.5. The van der Waals surface area contributed by atoms with Gasteiger partial charge in [0, 0.05) is 23.4 Å². The Morgan fingerprint density at radius 2 is 1.91 bits per heavy atom. The van der Waals surface area contributed by atoms with Crippen LogP contribution in [0.5, 0.6) is 5.75 Å². The number of alkyl carbamates (subject to hydrolysis) is 1. The molecular formula is C33H37N3O9Si. The third-order valence-electron chi connectivity index (χ3n) is 8.05. The van der Waals surface area contributed by atoms with Crippen LogP contribution < -0.4 is 15.6 Å². The van der Waals surface area contributed by atoms with Crippen molar-refractivity contribution in [2.24, 2.45) is 0 Å². The fourth-order valence-electron chi connectivity index (χ4n) is 5.74. The summed E-state index contributed by atoms with van der Waals surface area (Å²) in [5.41, 5.74) is 0.499. The van der Waals surface area contributed by atoms with Crippen LogP contribution in [0.2, 0.25) is 13.1 Å². The van der Waals surface area contributed by atoms with Crippen LogP contribution in [0.15, 0.2) is 47.4 Å². The van der Waals surface area contributed by atoms with Gasteiger partial charge in [-0.2, -0.15) is 0 Å². The summed E-state index contributed by atoms with van der Waals surface area (Å²) in [6, 6.07) is 8.62. The van der Waals surface area contributed by atoms with Gasteiger partial charge in [-0.3, -0.25) is 14.4 Å². The quantitative estimate of drug-likeness (QED) is 0.130. The SMILES string of the molecule is C=C[Si](C)(C)C1OC(=O)C(CC)(OC(=O)CNC(=O)OC(C)(C)C)c2cc3n(c(=O)c21)Cc1cc2cc(OC(C)=O)ccc2nc1-3. The van der Waals surface area contributed by atoms with E-state index in [-0.39, 0.29) is 24.1 Å². The highest BCUT2D eigenvalue weighted by Gasteiger charge is 2.55. The highest BCUT2D eigenvalue weighted by Crippen LogP contribution is 2.46. The highest BCUT2D eigenvalue weighted by molar-refractivity contribution is 6.83. The standard InChI is InChI=1S/C33H37N3O9Si/c1-9-33(44-25(38)16-34-31(41)45-32(4,5)6)22-15-24-27-20(13-19-14-21(42-18(3)37)11-12-23(19)35-27)17-36(24)28(39)26(22)29(43-30(33)40)46(7,8)10-2/h10-15,29H,2,9,16-17H2,1,3-8H3,(H,34,41). The van der Waals surface area contributed by atoms with Crippen molar-refractivity contribution in [2.45, 2.75) is 77.6 Å². The van der Waals surface area contributed by atoms with Gasteiger partial charge in [0.25, 0.3) is 5.56 Å². The molecule has 4 heterocycles. The van der Waals surface area contributed by atoms with Crippen LogP contribution >= 0.6 is 0 Å². The Morgan fingerprint density at radius 1 is 1.20 bits per heavy atom. The van der Waals surface area contributed by atoms with Gasteiger partial charge in [0.1, 0.15) is 31.7 Å². The molecule has 2 unspecified atom stereocenters. The van der Waals surface area contributed by atoms with E-state index in [0.717, 1.165) is 5.56 Å². The number of carbonyl (C=O) groups excluding carboxylic acids is 4. The lowest BCUT2D eigenvalue weighted by Gasteiger charge is -2.42. The zero-order valence-corrected chi connectivity index (χ0v) is 27.9. The molecule has 2 atom stereocenters. The van der Waals surface area contributed by atoms with Gasteiger partial charge < -0.3 is 28.8 Å². The summed E-state index contributed by atoms with van der Waals surface area (Å²) < 4.78 is 23.8. The van der Waals surface area contributed by atoms with Gasteiger partial charge in [-0.05, 0) is 57.5 Å². The molecule has 0 spiro atoms. The molecule has 0 radical (unpaired) electrons. The van der Waals surface area contributed by atoms with Gasteiger partial charge in [0.05, 0.1) is 29.0 Å². The number of pyridine rings is 2. The van der Waals surface area contributed by atoms with Gasteiger partial charge in [-0.15, -0.1) is 6.58 Å². The summed E-state index contributed by atoms with van der Waals surface area (Å²) in [7, 11) is -2.60. The number of amides is 1. The first kappa shape index (κ1) is 32.6. The van der Waals surface area contributed by atoms with Gasteiger partial charge in [0.2, 0.25) is 5.60 Å². The zero-order valence-electron chi connectivity index (χ0n) is 26.9. The first-order valence-corrected chi connectivity index (χ1v) is 18.1. The number of fused-ring (bicyclic) bond motifs is 5. The summed E-state index contributed by atoms with van der Waals surface area (Å²) in [4.78, 5) is 70.0. The van der Waals surface area contributed by atoms with Crippen molar-refractivity contribution in [3.63, 3.8) is 0 Å². The van der Waals surface area contributed by atoms with Gasteiger partial charge in [-0.1, -0.05) is 25.7 Å². The molecule has 0 saturated heterocycles. The first-order valence-electron chi connectivity index (χ1n) is 14.9. The number of carbonyl (C=O) groups is 4. The van der Waals surface area contributed by atoms with Crippen LogP contribution in [-0.4, -0.2) is 53.8 Å². The van der Waals surface area contributed by atoms with E-state index in [9.17, 15) is 24.0 Å². The fourth-order valence-corrected chi connectivity index (χ4v) is 7.39. The molecule has 46 heavy (non-hydrogen) atoms. The third kappa shape index (κ3) is 5.82. The maximum absolute atomic E-state index is 14.4. The molecule has 0 bridgehead atoms. The Kier molecular flexibility index (Phi) is 8.18. The Morgan fingerprint density at radius 3 is 2.54 bits per heavy atom. The van der Waals surface area contributed by atoms with E-state index >= 15 is 0 Å². The molecular weight excluding hydrogens is 610 g/mol. The number of nitrogens with one attached hydrogen (secondary N) is 1. The Labute approximate surface area is 266 Å². The zero-order chi connectivity index (χ0) is 33.8. The minimum absolute atomic E-state index is 0.0420. The minimum atomic E-state index is -2.60. The molecule has 242 valence electrons. The largest absolute Gasteiger partial charge is 0.458 e. The predicted octanol–water partition coefficient (Wildman–Crippen LogP) is 4.59. The summed E-state index contributed by atoms with van der Waals surface area (Å²) in [5, 5.41) is 3.07. The number of ether oxygens (including phenoxy) is 4. The molecule has 5 rings (SSSR count). The van der Waals surface area contributed by atoms with Crippen molar-refractivity contribution in [1.29, 1.82) is 0 Å². The second-order valence-electron chi connectivity index (χ2n) is 13.0. The lowest BCUT2D eigenvalue weighted by molar-refractivity contribution is -0.190. The highest BCUT2D eigenvalue weighted by atomic mass is 28.3. The number of aromatic nitrogens is 2. The average molecular weight is 648 g/mol. The van der Waals surface area contributed by atoms with E-state index in [2.05, 4.69) is 11.9 Å². The molecule has 1 amide bonds. The van der Waals surface area contributed by atoms with Crippen LogP contribution in [0.1, 0.15) is 63.5 Å². The van der Waals surface area contributed by atoms with Crippen molar-refractivity contribution in [3.8, 4) is 17.1 Å². The van der Waals surface area contributed by atoms with Gasteiger partial charge in [0.15, 0.2) is 0 Å². The first-order chi connectivity index (χ1) is 21.5. The number of hydrogen-bond acceptors (Lipinski definition) is 10. The van der Waals surface area contributed by atoms with E-state index in [1.54, 1.807) is 62.2 Å². The molecule has 2 aliphatic rings. The number of hydrogen-bond donors (Lipinski definition) is 1. The summed E-state index contributed by atoms with van der Waals surface area (Å²) in [5.74, 6) is -1.80.